The van der Waals surface area contributed by atoms with Gasteiger partial charge in [0, 0.05) is 36.2 Å². The van der Waals surface area contributed by atoms with Crippen LogP contribution in [-0.4, -0.2) is 39.0 Å². The second-order valence-electron chi connectivity index (χ2n) is 6.00. The molecule has 126 valence electrons. The SMILES string of the molecule is Cc1noc(C2CCN(C(=O)c3ccc([N+](=O)[O-])c(C)c3)CC2)n1. The summed E-state index contributed by atoms with van der Waals surface area (Å²) in [6.07, 6.45) is 1.53. The summed E-state index contributed by atoms with van der Waals surface area (Å²) in [6.45, 7) is 4.61. The van der Waals surface area contributed by atoms with E-state index in [1.165, 1.54) is 12.1 Å². The topological polar surface area (TPSA) is 102 Å². The highest BCUT2D eigenvalue weighted by atomic mass is 16.6. The third-order valence-electron chi connectivity index (χ3n) is 4.32. The summed E-state index contributed by atoms with van der Waals surface area (Å²) in [5.41, 5.74) is 0.990. The third-order valence-corrected chi connectivity index (χ3v) is 4.32. The summed E-state index contributed by atoms with van der Waals surface area (Å²) < 4.78 is 5.21. The second-order valence-corrected chi connectivity index (χ2v) is 6.00. The van der Waals surface area contributed by atoms with Gasteiger partial charge in [0.05, 0.1) is 4.92 Å². The van der Waals surface area contributed by atoms with Gasteiger partial charge in [-0.05, 0) is 38.8 Å². The number of rotatable bonds is 3. The first-order valence-corrected chi connectivity index (χ1v) is 7.80. The molecule has 8 heteroatoms. The van der Waals surface area contributed by atoms with Crippen molar-refractivity contribution >= 4 is 11.6 Å². The van der Waals surface area contributed by atoms with Crippen LogP contribution in [-0.2, 0) is 0 Å². The van der Waals surface area contributed by atoms with Gasteiger partial charge in [-0.3, -0.25) is 14.9 Å². The smallest absolute Gasteiger partial charge is 0.272 e. The molecule has 2 aromatic rings. The predicted octanol–water partition coefficient (Wildman–Crippen LogP) is 2.61. The van der Waals surface area contributed by atoms with Crippen molar-refractivity contribution < 1.29 is 14.2 Å². The van der Waals surface area contributed by atoms with Crippen molar-refractivity contribution in [3.05, 3.63) is 51.2 Å². The lowest BCUT2D eigenvalue weighted by Crippen LogP contribution is -2.38. The Morgan fingerprint density at radius 3 is 2.58 bits per heavy atom. The summed E-state index contributed by atoms with van der Waals surface area (Å²) in [6, 6.07) is 4.48. The van der Waals surface area contributed by atoms with Gasteiger partial charge in [-0.15, -0.1) is 0 Å². The molecular weight excluding hydrogens is 312 g/mol. The van der Waals surface area contributed by atoms with Crippen LogP contribution in [0.1, 0.15) is 46.4 Å². The first kappa shape index (κ1) is 16.1. The number of amides is 1. The molecule has 8 nitrogen and oxygen atoms in total. The van der Waals surface area contributed by atoms with Crippen molar-refractivity contribution in [1.82, 2.24) is 15.0 Å². The van der Waals surface area contributed by atoms with Gasteiger partial charge in [0.15, 0.2) is 5.82 Å². The van der Waals surface area contributed by atoms with E-state index in [0.717, 1.165) is 12.8 Å². The average molecular weight is 330 g/mol. The Bertz CT molecular complexity index is 778. The number of carbonyl (C=O) groups excluding carboxylic acids is 1. The molecule has 1 aromatic heterocycles. The van der Waals surface area contributed by atoms with Crippen molar-refractivity contribution in [2.24, 2.45) is 0 Å². The number of nitrogens with zero attached hydrogens (tertiary/aromatic N) is 4. The van der Waals surface area contributed by atoms with Crippen LogP contribution in [0.15, 0.2) is 22.7 Å². The van der Waals surface area contributed by atoms with Crippen LogP contribution in [0.3, 0.4) is 0 Å². The van der Waals surface area contributed by atoms with Crippen LogP contribution in [0.25, 0.3) is 0 Å². The molecule has 3 rings (SSSR count). The molecule has 1 aromatic carbocycles. The standard InChI is InChI=1S/C16H18N4O4/c1-10-9-13(3-4-14(10)20(22)23)16(21)19-7-5-12(6-8-19)15-17-11(2)18-24-15/h3-4,9,12H,5-8H2,1-2H3. The number of benzene rings is 1. The number of nitro benzene ring substituents is 1. The minimum absolute atomic E-state index is 0.0250. The number of carbonyl (C=O) groups is 1. The summed E-state index contributed by atoms with van der Waals surface area (Å²) >= 11 is 0. The maximum absolute atomic E-state index is 12.6. The first-order chi connectivity index (χ1) is 11.5. The van der Waals surface area contributed by atoms with Crippen LogP contribution in [0.4, 0.5) is 5.69 Å². The van der Waals surface area contributed by atoms with E-state index in [0.29, 0.717) is 35.9 Å². The van der Waals surface area contributed by atoms with E-state index in [2.05, 4.69) is 10.1 Å². The minimum Gasteiger partial charge on any atom is -0.339 e. The van der Waals surface area contributed by atoms with E-state index >= 15 is 0 Å². The molecule has 1 fully saturated rings. The molecule has 1 amide bonds. The lowest BCUT2D eigenvalue weighted by atomic mass is 9.96. The average Bonchev–Trinajstić information content (AvgIpc) is 3.00. The highest BCUT2D eigenvalue weighted by Gasteiger charge is 2.28. The Morgan fingerprint density at radius 2 is 2.04 bits per heavy atom. The van der Waals surface area contributed by atoms with E-state index < -0.39 is 4.92 Å². The van der Waals surface area contributed by atoms with Gasteiger partial charge in [0.1, 0.15) is 0 Å². The lowest BCUT2D eigenvalue weighted by Gasteiger charge is -2.30. The highest BCUT2D eigenvalue weighted by molar-refractivity contribution is 5.94. The van der Waals surface area contributed by atoms with E-state index in [4.69, 9.17) is 4.52 Å². The maximum atomic E-state index is 12.6. The van der Waals surface area contributed by atoms with Gasteiger partial charge in [0.25, 0.3) is 11.6 Å². The van der Waals surface area contributed by atoms with Crippen LogP contribution in [0.2, 0.25) is 0 Å². The van der Waals surface area contributed by atoms with Crippen molar-refractivity contribution in [2.45, 2.75) is 32.6 Å². The molecule has 0 spiro atoms. The number of aromatic nitrogens is 2. The Hall–Kier alpha value is -2.77. The molecule has 0 atom stereocenters. The number of nitro groups is 1. The van der Waals surface area contributed by atoms with Gasteiger partial charge in [-0.2, -0.15) is 4.98 Å². The lowest BCUT2D eigenvalue weighted by molar-refractivity contribution is -0.385. The number of hydrogen-bond donors (Lipinski definition) is 0. The molecule has 1 aliphatic heterocycles. The fraction of sp³-hybridized carbons (Fsp3) is 0.438. The predicted molar refractivity (Wildman–Crippen MR) is 84.7 cm³/mol. The van der Waals surface area contributed by atoms with Gasteiger partial charge >= 0.3 is 0 Å². The zero-order chi connectivity index (χ0) is 17.3. The Kier molecular flexibility index (Phi) is 4.28. The number of aryl methyl sites for hydroxylation is 2. The van der Waals surface area contributed by atoms with Crippen LogP contribution < -0.4 is 0 Å². The van der Waals surface area contributed by atoms with Crippen LogP contribution >= 0.6 is 0 Å². The molecule has 0 aliphatic carbocycles. The maximum Gasteiger partial charge on any atom is 0.272 e. The first-order valence-electron chi connectivity index (χ1n) is 7.80. The summed E-state index contributed by atoms with van der Waals surface area (Å²) in [5.74, 6) is 1.32. The van der Waals surface area contributed by atoms with Crippen molar-refractivity contribution in [3.63, 3.8) is 0 Å². The van der Waals surface area contributed by atoms with Gasteiger partial charge in [0.2, 0.25) is 5.89 Å². The normalized spacial score (nSPS) is 15.5. The van der Waals surface area contributed by atoms with E-state index in [9.17, 15) is 14.9 Å². The molecule has 0 saturated carbocycles. The number of likely N-dealkylation sites (tertiary alicyclic amines) is 1. The largest absolute Gasteiger partial charge is 0.339 e. The van der Waals surface area contributed by atoms with Gasteiger partial charge in [-0.1, -0.05) is 5.16 Å². The van der Waals surface area contributed by atoms with E-state index in [1.54, 1.807) is 24.8 Å². The number of hydrogen-bond acceptors (Lipinski definition) is 6. The molecule has 0 radical (unpaired) electrons. The summed E-state index contributed by atoms with van der Waals surface area (Å²) in [5, 5.41) is 14.7. The Labute approximate surface area is 138 Å². The summed E-state index contributed by atoms with van der Waals surface area (Å²) in [4.78, 5) is 29.0. The number of piperidine rings is 1. The molecule has 1 saturated heterocycles. The van der Waals surface area contributed by atoms with Crippen molar-refractivity contribution in [1.29, 1.82) is 0 Å². The fourth-order valence-corrected chi connectivity index (χ4v) is 2.98. The molecule has 0 unspecified atom stereocenters. The minimum atomic E-state index is -0.443. The molecule has 1 aliphatic rings. The quantitative estimate of drug-likeness (QED) is 0.633. The molecule has 0 bridgehead atoms. The molecule has 0 N–H and O–H groups in total. The third kappa shape index (κ3) is 3.12. The highest BCUT2D eigenvalue weighted by Crippen LogP contribution is 2.28. The molecule has 2 heterocycles. The van der Waals surface area contributed by atoms with Gasteiger partial charge < -0.3 is 9.42 Å². The monoisotopic (exact) mass is 330 g/mol. The van der Waals surface area contributed by atoms with Crippen molar-refractivity contribution in [3.8, 4) is 0 Å². The Balaban J connectivity index is 1.67. The second kappa shape index (κ2) is 6.38. The van der Waals surface area contributed by atoms with Crippen LogP contribution in [0, 0.1) is 24.0 Å². The van der Waals surface area contributed by atoms with Crippen LogP contribution in [0.5, 0.6) is 0 Å². The van der Waals surface area contributed by atoms with E-state index in [1.807, 2.05) is 0 Å². The van der Waals surface area contributed by atoms with Crippen molar-refractivity contribution in [2.75, 3.05) is 13.1 Å². The Morgan fingerprint density at radius 1 is 1.33 bits per heavy atom. The van der Waals surface area contributed by atoms with Gasteiger partial charge in [-0.25, -0.2) is 0 Å². The zero-order valence-corrected chi connectivity index (χ0v) is 13.6. The fourth-order valence-electron chi connectivity index (χ4n) is 2.98. The molecule has 24 heavy (non-hydrogen) atoms. The van der Waals surface area contributed by atoms with E-state index in [-0.39, 0.29) is 17.5 Å². The zero-order valence-electron chi connectivity index (χ0n) is 13.6. The summed E-state index contributed by atoms with van der Waals surface area (Å²) in [7, 11) is 0. The molecular formula is C16H18N4O4.